The Balaban J connectivity index is 1.65. The van der Waals surface area contributed by atoms with Crippen LogP contribution in [0.3, 0.4) is 0 Å². The molecule has 0 saturated carbocycles. The molecule has 2 unspecified atom stereocenters. The lowest BCUT2D eigenvalue weighted by molar-refractivity contribution is 0.0910. The number of carbonyl (C=O) groups is 1. The van der Waals surface area contributed by atoms with Gasteiger partial charge in [-0.25, -0.2) is 4.98 Å². The van der Waals surface area contributed by atoms with Crippen LogP contribution in [-0.2, 0) is 0 Å². The van der Waals surface area contributed by atoms with Gasteiger partial charge in [-0.2, -0.15) is 0 Å². The Morgan fingerprint density at radius 2 is 2.21 bits per heavy atom. The number of rotatable bonds is 2. The molecule has 2 saturated heterocycles. The van der Waals surface area contributed by atoms with E-state index in [0.717, 1.165) is 17.4 Å². The Morgan fingerprint density at radius 1 is 1.32 bits per heavy atom. The number of aromatic nitrogens is 1. The number of pyridine rings is 1. The third kappa shape index (κ3) is 2.82. The van der Waals surface area contributed by atoms with Gasteiger partial charge >= 0.3 is 0 Å². The molecule has 1 aromatic rings. The van der Waals surface area contributed by atoms with Crippen LogP contribution in [0, 0.1) is 0 Å². The van der Waals surface area contributed by atoms with Crippen molar-refractivity contribution >= 4 is 21.8 Å². The van der Waals surface area contributed by atoms with Crippen LogP contribution < -0.4 is 5.32 Å². The number of fused-ring (bicyclic) bond motifs is 1. The van der Waals surface area contributed by atoms with E-state index in [0.29, 0.717) is 17.8 Å². The zero-order chi connectivity index (χ0) is 13.2. The minimum absolute atomic E-state index is 0.0510. The van der Waals surface area contributed by atoms with E-state index in [-0.39, 0.29) is 5.91 Å². The molecular weight excluding hydrogens is 306 g/mol. The fourth-order valence-electron chi connectivity index (χ4n) is 3.17. The number of nitrogens with one attached hydrogen (secondary N) is 1. The SMILES string of the molecule is O=C(NC1CCN2CCCCC12)c1ccc(Br)cn1. The van der Waals surface area contributed by atoms with Crippen molar-refractivity contribution in [2.75, 3.05) is 13.1 Å². The Morgan fingerprint density at radius 3 is 3.00 bits per heavy atom. The second kappa shape index (κ2) is 5.59. The molecule has 3 rings (SSSR count). The highest BCUT2D eigenvalue weighted by molar-refractivity contribution is 9.10. The first-order chi connectivity index (χ1) is 9.24. The van der Waals surface area contributed by atoms with Crippen LogP contribution in [0.2, 0.25) is 0 Å². The zero-order valence-electron chi connectivity index (χ0n) is 10.8. The molecule has 0 bridgehead atoms. The first-order valence-electron chi connectivity index (χ1n) is 6.90. The summed E-state index contributed by atoms with van der Waals surface area (Å²) in [5.41, 5.74) is 0.498. The van der Waals surface area contributed by atoms with Gasteiger partial charge in [-0.3, -0.25) is 9.69 Å². The molecule has 2 fully saturated rings. The van der Waals surface area contributed by atoms with Crippen molar-refractivity contribution in [2.24, 2.45) is 0 Å². The highest BCUT2D eigenvalue weighted by atomic mass is 79.9. The van der Waals surface area contributed by atoms with Crippen LogP contribution in [0.4, 0.5) is 0 Å². The van der Waals surface area contributed by atoms with Gasteiger partial charge in [0.1, 0.15) is 5.69 Å². The fraction of sp³-hybridized carbons (Fsp3) is 0.571. The summed E-state index contributed by atoms with van der Waals surface area (Å²) in [5.74, 6) is -0.0510. The summed E-state index contributed by atoms with van der Waals surface area (Å²) < 4.78 is 0.892. The van der Waals surface area contributed by atoms with Crippen molar-refractivity contribution in [2.45, 2.75) is 37.8 Å². The molecule has 2 aliphatic heterocycles. The first kappa shape index (κ1) is 13.1. The summed E-state index contributed by atoms with van der Waals surface area (Å²) in [6.45, 7) is 2.30. The van der Waals surface area contributed by atoms with Gasteiger partial charge in [-0.15, -0.1) is 0 Å². The van der Waals surface area contributed by atoms with E-state index in [2.05, 4.69) is 31.1 Å². The second-order valence-electron chi connectivity index (χ2n) is 5.33. The molecule has 2 atom stereocenters. The van der Waals surface area contributed by atoms with Gasteiger partial charge < -0.3 is 5.32 Å². The van der Waals surface area contributed by atoms with Gasteiger partial charge in [0.2, 0.25) is 0 Å². The third-order valence-electron chi connectivity index (χ3n) is 4.13. The molecule has 0 aliphatic carbocycles. The number of piperidine rings is 1. The molecule has 1 N–H and O–H groups in total. The maximum atomic E-state index is 12.2. The molecule has 4 nitrogen and oxygen atoms in total. The van der Waals surface area contributed by atoms with Crippen LogP contribution in [0.1, 0.15) is 36.2 Å². The van der Waals surface area contributed by atoms with E-state index < -0.39 is 0 Å². The van der Waals surface area contributed by atoms with Gasteiger partial charge in [-0.05, 0) is 53.9 Å². The first-order valence-corrected chi connectivity index (χ1v) is 7.70. The van der Waals surface area contributed by atoms with Crippen LogP contribution in [0.25, 0.3) is 0 Å². The lowest BCUT2D eigenvalue weighted by Gasteiger charge is -2.32. The lowest BCUT2D eigenvalue weighted by atomic mass is 9.99. The molecule has 0 spiro atoms. The molecule has 19 heavy (non-hydrogen) atoms. The van der Waals surface area contributed by atoms with E-state index >= 15 is 0 Å². The molecule has 2 aliphatic rings. The summed E-state index contributed by atoms with van der Waals surface area (Å²) in [7, 11) is 0. The van der Waals surface area contributed by atoms with E-state index in [1.807, 2.05) is 6.07 Å². The number of halogens is 1. The van der Waals surface area contributed by atoms with Crippen LogP contribution >= 0.6 is 15.9 Å². The number of amides is 1. The maximum absolute atomic E-state index is 12.2. The lowest BCUT2D eigenvalue weighted by Crippen LogP contribution is -2.46. The van der Waals surface area contributed by atoms with Crippen molar-refractivity contribution in [1.82, 2.24) is 15.2 Å². The van der Waals surface area contributed by atoms with Gasteiger partial charge in [0, 0.05) is 29.3 Å². The second-order valence-corrected chi connectivity index (χ2v) is 6.25. The molecular formula is C14H18BrN3O. The minimum Gasteiger partial charge on any atom is -0.346 e. The van der Waals surface area contributed by atoms with E-state index in [1.165, 1.54) is 25.8 Å². The summed E-state index contributed by atoms with van der Waals surface area (Å²) in [6, 6.07) is 4.43. The van der Waals surface area contributed by atoms with Crippen molar-refractivity contribution in [3.63, 3.8) is 0 Å². The molecule has 5 heteroatoms. The Kier molecular flexibility index (Phi) is 3.84. The van der Waals surface area contributed by atoms with Crippen molar-refractivity contribution < 1.29 is 4.79 Å². The number of hydrogen-bond donors (Lipinski definition) is 1. The summed E-state index contributed by atoms with van der Waals surface area (Å²) in [6.07, 6.45) is 6.51. The molecule has 0 radical (unpaired) electrons. The standard InChI is InChI=1S/C14H18BrN3O/c15-10-4-5-12(16-9-10)14(19)17-11-6-8-18-7-2-1-3-13(11)18/h4-5,9,11,13H,1-3,6-8H2,(H,17,19). The molecule has 0 aromatic carbocycles. The van der Waals surface area contributed by atoms with Gasteiger partial charge in [0.15, 0.2) is 0 Å². The average molecular weight is 324 g/mol. The van der Waals surface area contributed by atoms with E-state index in [9.17, 15) is 4.79 Å². The van der Waals surface area contributed by atoms with Crippen molar-refractivity contribution in [3.8, 4) is 0 Å². The Bertz CT molecular complexity index is 462. The largest absolute Gasteiger partial charge is 0.346 e. The monoisotopic (exact) mass is 323 g/mol. The number of carbonyl (C=O) groups excluding carboxylic acids is 1. The fourth-order valence-corrected chi connectivity index (χ4v) is 3.40. The van der Waals surface area contributed by atoms with Crippen LogP contribution in [0.15, 0.2) is 22.8 Å². The van der Waals surface area contributed by atoms with Gasteiger partial charge in [0.25, 0.3) is 5.91 Å². The van der Waals surface area contributed by atoms with Crippen LogP contribution in [0.5, 0.6) is 0 Å². The van der Waals surface area contributed by atoms with Crippen LogP contribution in [-0.4, -0.2) is 41.0 Å². The predicted molar refractivity (Wildman–Crippen MR) is 77.0 cm³/mol. The summed E-state index contributed by atoms with van der Waals surface area (Å²) >= 11 is 3.33. The molecule has 1 aromatic heterocycles. The smallest absolute Gasteiger partial charge is 0.270 e. The summed E-state index contributed by atoms with van der Waals surface area (Å²) in [4.78, 5) is 18.8. The van der Waals surface area contributed by atoms with E-state index in [4.69, 9.17) is 0 Å². The normalized spacial score (nSPS) is 27.0. The highest BCUT2D eigenvalue weighted by Crippen LogP contribution is 2.27. The average Bonchev–Trinajstić information content (AvgIpc) is 2.83. The highest BCUT2D eigenvalue weighted by Gasteiger charge is 2.36. The Hall–Kier alpha value is -0.940. The van der Waals surface area contributed by atoms with Crippen molar-refractivity contribution in [1.29, 1.82) is 0 Å². The Labute approximate surface area is 121 Å². The maximum Gasteiger partial charge on any atom is 0.270 e. The van der Waals surface area contributed by atoms with Crippen molar-refractivity contribution in [3.05, 3.63) is 28.5 Å². The quantitative estimate of drug-likeness (QED) is 0.907. The van der Waals surface area contributed by atoms with Gasteiger partial charge in [0.05, 0.1) is 0 Å². The molecule has 102 valence electrons. The van der Waals surface area contributed by atoms with E-state index in [1.54, 1.807) is 12.3 Å². The molecule has 3 heterocycles. The number of nitrogens with zero attached hydrogens (tertiary/aromatic N) is 2. The topological polar surface area (TPSA) is 45.2 Å². The zero-order valence-corrected chi connectivity index (χ0v) is 12.4. The van der Waals surface area contributed by atoms with Gasteiger partial charge in [-0.1, -0.05) is 6.42 Å². The predicted octanol–water partition coefficient (Wildman–Crippen LogP) is 2.20. The number of hydrogen-bond acceptors (Lipinski definition) is 3. The third-order valence-corrected chi connectivity index (χ3v) is 4.60. The minimum atomic E-state index is -0.0510. The molecule has 1 amide bonds. The summed E-state index contributed by atoms with van der Waals surface area (Å²) in [5, 5.41) is 3.16.